The van der Waals surface area contributed by atoms with Crippen molar-refractivity contribution < 1.29 is 19.1 Å². The predicted octanol–water partition coefficient (Wildman–Crippen LogP) is 2.27. The van der Waals surface area contributed by atoms with E-state index in [0.717, 1.165) is 44.7 Å². The zero-order valence-corrected chi connectivity index (χ0v) is 22.0. The molecule has 0 spiro atoms. The normalized spacial score (nSPS) is 20.3. The Labute approximate surface area is 221 Å². The lowest BCUT2D eigenvalue weighted by Crippen LogP contribution is -2.49. The molecule has 2 aromatic heterocycles. The molecule has 0 unspecified atom stereocenters. The number of piperazine rings is 1. The molecule has 5 rings (SSSR count). The number of carbonyl (C=O) groups excluding carboxylic acids is 2. The fourth-order valence-corrected chi connectivity index (χ4v) is 5.06. The molecule has 2 atom stereocenters. The number of likely N-dealkylation sites (N-methyl/N-ethyl adjacent to an activating group) is 1. The minimum absolute atomic E-state index is 0.0192. The fourth-order valence-electron chi connectivity index (χ4n) is 5.06. The molecular formula is C27H33N7O4. The summed E-state index contributed by atoms with van der Waals surface area (Å²) >= 11 is 0. The Balaban J connectivity index is 1.39. The number of para-hydroxylation sites is 1. The maximum Gasteiger partial charge on any atom is 0.345 e. The standard InChI is InChI=1S/C27H33N7O4/c1-19-8-9-20(18-33(19)26(35)21-6-4-5-7-22(21)34-29-12-13-30-34)38-25-24(27(36)37-3)23(10-11-28-25)32-16-14-31(2)15-17-32/h4-7,10-13,19-20H,8-9,14-18H2,1-3H3/t19-,20-/m1/s1. The molecule has 2 aliphatic rings. The molecule has 4 heterocycles. The van der Waals surface area contributed by atoms with Gasteiger partial charge in [0.25, 0.3) is 5.91 Å². The zero-order chi connectivity index (χ0) is 26.6. The average molecular weight is 520 g/mol. The van der Waals surface area contributed by atoms with Gasteiger partial charge in [0, 0.05) is 38.4 Å². The third kappa shape index (κ3) is 5.19. The number of esters is 1. The summed E-state index contributed by atoms with van der Waals surface area (Å²) in [6.07, 6.45) is 5.98. The molecule has 2 fully saturated rings. The number of rotatable bonds is 6. The number of benzene rings is 1. The van der Waals surface area contributed by atoms with Crippen LogP contribution in [-0.2, 0) is 4.74 Å². The second-order valence-electron chi connectivity index (χ2n) is 9.75. The predicted molar refractivity (Wildman–Crippen MR) is 141 cm³/mol. The third-order valence-electron chi connectivity index (χ3n) is 7.27. The number of carbonyl (C=O) groups is 2. The summed E-state index contributed by atoms with van der Waals surface area (Å²) in [5.41, 5.74) is 2.22. The van der Waals surface area contributed by atoms with Gasteiger partial charge < -0.3 is 24.2 Å². The van der Waals surface area contributed by atoms with Crippen molar-refractivity contribution in [3.63, 3.8) is 0 Å². The second-order valence-corrected chi connectivity index (χ2v) is 9.75. The number of nitrogens with zero attached hydrogens (tertiary/aromatic N) is 7. The molecule has 0 saturated carbocycles. The quantitative estimate of drug-likeness (QED) is 0.454. The van der Waals surface area contributed by atoms with Gasteiger partial charge in [0.2, 0.25) is 5.88 Å². The minimum atomic E-state index is -0.486. The van der Waals surface area contributed by atoms with Crippen LogP contribution in [0, 0.1) is 0 Å². The SMILES string of the molecule is COC(=O)c1c(N2CCN(C)CC2)ccnc1O[C@@H]1CC[C@@H](C)N(C(=O)c2ccccc2-n2nccn2)C1. The van der Waals surface area contributed by atoms with E-state index in [1.54, 1.807) is 24.7 Å². The highest BCUT2D eigenvalue weighted by atomic mass is 16.5. The van der Waals surface area contributed by atoms with Crippen LogP contribution in [0.4, 0.5) is 5.69 Å². The number of pyridine rings is 1. The Morgan fingerprint density at radius 3 is 2.42 bits per heavy atom. The lowest BCUT2D eigenvalue weighted by Gasteiger charge is -2.38. The number of piperidine rings is 1. The Kier molecular flexibility index (Phi) is 7.54. The van der Waals surface area contributed by atoms with Gasteiger partial charge in [-0.15, -0.1) is 0 Å². The highest BCUT2D eigenvalue weighted by Crippen LogP contribution is 2.32. The number of hydrogen-bond acceptors (Lipinski definition) is 9. The molecule has 0 N–H and O–H groups in total. The molecular weight excluding hydrogens is 486 g/mol. The van der Waals surface area contributed by atoms with Crippen molar-refractivity contribution in [3.8, 4) is 11.6 Å². The molecule has 1 aromatic carbocycles. The first-order chi connectivity index (χ1) is 18.5. The highest BCUT2D eigenvalue weighted by molar-refractivity contribution is 5.99. The zero-order valence-electron chi connectivity index (χ0n) is 22.0. The van der Waals surface area contributed by atoms with Crippen molar-refractivity contribution in [1.29, 1.82) is 0 Å². The summed E-state index contributed by atoms with van der Waals surface area (Å²) in [4.78, 5) is 38.8. The van der Waals surface area contributed by atoms with Gasteiger partial charge in [-0.05, 0) is 45.0 Å². The molecule has 2 aliphatic heterocycles. The van der Waals surface area contributed by atoms with E-state index in [4.69, 9.17) is 9.47 Å². The molecule has 0 aliphatic carbocycles. The summed E-state index contributed by atoms with van der Waals surface area (Å²) < 4.78 is 11.5. The van der Waals surface area contributed by atoms with Crippen LogP contribution >= 0.6 is 0 Å². The van der Waals surface area contributed by atoms with Crippen molar-refractivity contribution in [3.05, 3.63) is 60.0 Å². The summed E-state index contributed by atoms with van der Waals surface area (Å²) in [5, 5.41) is 8.40. The molecule has 1 amide bonds. The van der Waals surface area contributed by atoms with Crippen molar-refractivity contribution in [2.45, 2.75) is 31.9 Å². The van der Waals surface area contributed by atoms with E-state index in [2.05, 4.69) is 32.0 Å². The summed E-state index contributed by atoms with van der Waals surface area (Å²) in [6, 6.07) is 9.16. The van der Waals surface area contributed by atoms with E-state index < -0.39 is 5.97 Å². The van der Waals surface area contributed by atoms with E-state index in [9.17, 15) is 9.59 Å². The number of anilines is 1. The van der Waals surface area contributed by atoms with Gasteiger partial charge in [0.15, 0.2) is 0 Å². The van der Waals surface area contributed by atoms with Crippen molar-refractivity contribution in [1.82, 2.24) is 29.8 Å². The first-order valence-corrected chi connectivity index (χ1v) is 12.9. The maximum absolute atomic E-state index is 13.7. The molecule has 2 saturated heterocycles. The van der Waals surface area contributed by atoms with Gasteiger partial charge in [0.1, 0.15) is 11.7 Å². The number of aromatic nitrogens is 4. The second kappa shape index (κ2) is 11.2. The molecule has 0 bridgehead atoms. The Morgan fingerprint density at radius 1 is 0.947 bits per heavy atom. The van der Waals surface area contributed by atoms with Crippen LogP contribution in [0.15, 0.2) is 48.9 Å². The lowest BCUT2D eigenvalue weighted by molar-refractivity contribution is 0.0359. The van der Waals surface area contributed by atoms with Crippen LogP contribution in [0.25, 0.3) is 5.69 Å². The largest absolute Gasteiger partial charge is 0.472 e. The molecule has 38 heavy (non-hydrogen) atoms. The number of amides is 1. The summed E-state index contributed by atoms with van der Waals surface area (Å²) in [6.45, 7) is 5.77. The highest BCUT2D eigenvalue weighted by Gasteiger charge is 2.34. The van der Waals surface area contributed by atoms with E-state index in [0.29, 0.717) is 23.4 Å². The number of methoxy groups -OCH3 is 1. The molecule has 200 valence electrons. The van der Waals surface area contributed by atoms with E-state index in [1.165, 1.54) is 11.9 Å². The van der Waals surface area contributed by atoms with Gasteiger partial charge >= 0.3 is 5.97 Å². The van der Waals surface area contributed by atoms with Crippen molar-refractivity contribution in [2.24, 2.45) is 0 Å². The van der Waals surface area contributed by atoms with Gasteiger partial charge in [-0.2, -0.15) is 15.0 Å². The maximum atomic E-state index is 13.7. The van der Waals surface area contributed by atoms with Crippen LogP contribution in [0.5, 0.6) is 5.88 Å². The summed E-state index contributed by atoms with van der Waals surface area (Å²) in [5.74, 6) is -0.368. The molecule has 11 nitrogen and oxygen atoms in total. The monoisotopic (exact) mass is 519 g/mol. The Bertz CT molecular complexity index is 1270. The van der Waals surface area contributed by atoms with Crippen LogP contribution in [-0.4, -0.2) is 101 Å². The van der Waals surface area contributed by atoms with Crippen LogP contribution in [0.2, 0.25) is 0 Å². The average Bonchev–Trinajstić information content (AvgIpc) is 3.49. The first-order valence-electron chi connectivity index (χ1n) is 12.9. The lowest BCUT2D eigenvalue weighted by atomic mass is 9.99. The van der Waals surface area contributed by atoms with E-state index in [1.807, 2.05) is 36.1 Å². The number of hydrogen-bond donors (Lipinski definition) is 0. The topological polar surface area (TPSA) is 106 Å². The van der Waals surface area contributed by atoms with Crippen LogP contribution in [0.3, 0.4) is 0 Å². The van der Waals surface area contributed by atoms with Crippen LogP contribution in [0.1, 0.15) is 40.5 Å². The number of ether oxygens (including phenoxy) is 2. The third-order valence-corrected chi connectivity index (χ3v) is 7.27. The Hall–Kier alpha value is -3.99. The molecule has 0 radical (unpaired) electrons. The van der Waals surface area contributed by atoms with Crippen LogP contribution < -0.4 is 9.64 Å². The molecule has 3 aromatic rings. The summed E-state index contributed by atoms with van der Waals surface area (Å²) in [7, 11) is 3.45. The van der Waals surface area contributed by atoms with E-state index in [-0.39, 0.29) is 23.9 Å². The smallest absolute Gasteiger partial charge is 0.345 e. The van der Waals surface area contributed by atoms with Crippen molar-refractivity contribution >= 4 is 17.6 Å². The number of likely N-dealkylation sites (tertiary alicyclic amines) is 1. The Morgan fingerprint density at radius 2 is 1.68 bits per heavy atom. The first kappa shape index (κ1) is 25.7. The van der Waals surface area contributed by atoms with Gasteiger partial charge in [0.05, 0.1) is 43.0 Å². The van der Waals surface area contributed by atoms with E-state index >= 15 is 0 Å². The van der Waals surface area contributed by atoms with Crippen molar-refractivity contribution in [2.75, 3.05) is 51.8 Å². The van der Waals surface area contributed by atoms with Gasteiger partial charge in [-0.25, -0.2) is 9.78 Å². The fraction of sp³-hybridized carbons (Fsp3) is 0.444. The van der Waals surface area contributed by atoms with Gasteiger partial charge in [-0.3, -0.25) is 4.79 Å². The van der Waals surface area contributed by atoms with Gasteiger partial charge in [-0.1, -0.05) is 12.1 Å². The minimum Gasteiger partial charge on any atom is -0.472 e. The molecule has 11 heteroatoms.